The van der Waals surface area contributed by atoms with Gasteiger partial charge in [0.05, 0.1) is 23.8 Å². The predicted octanol–water partition coefficient (Wildman–Crippen LogP) is 4.42. The number of benzene rings is 2. The van der Waals surface area contributed by atoms with Gasteiger partial charge in [-0.25, -0.2) is 9.37 Å². The third kappa shape index (κ3) is 4.63. The Morgan fingerprint density at radius 3 is 2.45 bits per heavy atom. The Balaban J connectivity index is 1.54. The quantitative estimate of drug-likeness (QED) is 0.282. The Labute approximate surface area is 227 Å². The summed E-state index contributed by atoms with van der Waals surface area (Å²) in [6.07, 6.45) is 5.50. The van der Waals surface area contributed by atoms with Gasteiger partial charge in [0, 0.05) is 31.7 Å². The zero-order valence-electron chi connectivity index (χ0n) is 20.3. The zero-order valence-corrected chi connectivity index (χ0v) is 21.9. The fraction of sp³-hybridized carbons (Fsp3) is 0.207. The highest BCUT2D eigenvalue weighted by Crippen LogP contribution is 2.36. The number of nitrogens with zero attached hydrogens (tertiary/aromatic N) is 5. The van der Waals surface area contributed by atoms with Gasteiger partial charge >= 0.3 is 0 Å². The van der Waals surface area contributed by atoms with E-state index in [1.165, 1.54) is 16.7 Å². The molecule has 2 aromatic carbocycles. The van der Waals surface area contributed by atoms with E-state index >= 15 is 0 Å². The molecule has 0 amide bonds. The van der Waals surface area contributed by atoms with Crippen molar-refractivity contribution < 1.29 is 9.50 Å². The Bertz CT molecular complexity index is 1650. The maximum atomic E-state index is 13.7. The van der Waals surface area contributed by atoms with Crippen molar-refractivity contribution in [3.8, 4) is 24.2 Å². The van der Waals surface area contributed by atoms with Crippen LogP contribution in [0.2, 0.25) is 0 Å². The largest absolute Gasteiger partial charge is 0.508 e. The summed E-state index contributed by atoms with van der Waals surface area (Å²) in [4.78, 5) is 22.1. The first kappa shape index (κ1) is 25.5. The Kier molecular flexibility index (Phi) is 7.15. The number of aromatic nitrogens is 2. The Morgan fingerprint density at radius 1 is 1.08 bits per heavy atom. The molecular weight excluding hydrogens is 549 g/mol. The minimum atomic E-state index is -0.446. The van der Waals surface area contributed by atoms with E-state index in [1.807, 2.05) is 17.0 Å². The van der Waals surface area contributed by atoms with E-state index in [1.54, 1.807) is 36.4 Å². The van der Waals surface area contributed by atoms with Crippen LogP contribution in [-0.2, 0) is 6.54 Å². The van der Waals surface area contributed by atoms with E-state index < -0.39 is 5.56 Å². The summed E-state index contributed by atoms with van der Waals surface area (Å²) in [7, 11) is 0. The fourth-order valence-corrected chi connectivity index (χ4v) is 5.41. The minimum Gasteiger partial charge on any atom is -0.508 e. The first-order valence-corrected chi connectivity index (χ1v) is 12.8. The molecule has 1 saturated heterocycles. The molecule has 0 saturated carbocycles. The standard InChI is InChI=1S/C29H23BrFN5O2/c1-2-13-36-23-11-12-25(30)33-26(23)28(22(18-32)29(36)38)35-16-14-34(15-17-35)27(19-7-9-20(31)10-8-19)21-5-3-4-6-24(21)37/h1,3-12,27,37H,13-17H2/t27-/m1/s1. The second kappa shape index (κ2) is 10.7. The summed E-state index contributed by atoms with van der Waals surface area (Å²) in [6, 6.07) is 18.7. The molecule has 1 N–H and O–H groups in total. The molecule has 0 radical (unpaired) electrons. The van der Waals surface area contributed by atoms with E-state index in [0.717, 1.165) is 11.1 Å². The van der Waals surface area contributed by atoms with Crippen molar-refractivity contribution >= 4 is 32.7 Å². The summed E-state index contributed by atoms with van der Waals surface area (Å²) < 4.78 is 15.7. The van der Waals surface area contributed by atoms with Crippen molar-refractivity contribution in [1.29, 1.82) is 5.26 Å². The van der Waals surface area contributed by atoms with E-state index in [4.69, 9.17) is 6.42 Å². The summed E-state index contributed by atoms with van der Waals surface area (Å²) in [6.45, 7) is 2.15. The van der Waals surface area contributed by atoms with Gasteiger partial charge in [-0.15, -0.1) is 6.42 Å². The van der Waals surface area contributed by atoms with Crippen LogP contribution in [-0.4, -0.2) is 45.7 Å². The number of piperazine rings is 1. The highest BCUT2D eigenvalue weighted by Gasteiger charge is 2.31. The van der Waals surface area contributed by atoms with Crippen LogP contribution in [0.15, 0.2) is 70.1 Å². The van der Waals surface area contributed by atoms with Crippen LogP contribution in [0.1, 0.15) is 22.7 Å². The summed E-state index contributed by atoms with van der Waals surface area (Å²) in [5.74, 6) is 2.32. The number of anilines is 1. The number of phenols is 1. The van der Waals surface area contributed by atoms with Crippen molar-refractivity contribution in [2.45, 2.75) is 12.6 Å². The number of para-hydroxylation sites is 1. The molecule has 1 fully saturated rings. The third-order valence-corrected chi connectivity index (χ3v) is 7.27. The summed E-state index contributed by atoms with van der Waals surface area (Å²) in [5, 5.41) is 20.7. The number of fused-ring (bicyclic) bond motifs is 1. The van der Waals surface area contributed by atoms with Gasteiger partial charge in [0.25, 0.3) is 5.56 Å². The van der Waals surface area contributed by atoms with E-state index in [0.29, 0.717) is 47.5 Å². The second-order valence-corrected chi connectivity index (χ2v) is 9.78. The number of hydrogen-bond acceptors (Lipinski definition) is 6. The number of terminal acetylenes is 1. The SMILES string of the molecule is C#CCn1c(=O)c(C#N)c(N2CCN([C@H](c3ccc(F)cc3)c3ccccc3O)CC2)c2nc(Br)ccc21. The van der Waals surface area contributed by atoms with Crippen molar-refractivity contribution in [2.75, 3.05) is 31.1 Å². The smallest absolute Gasteiger partial charge is 0.272 e. The number of aromatic hydroxyl groups is 1. The molecule has 190 valence electrons. The molecule has 7 nitrogen and oxygen atoms in total. The molecule has 0 aliphatic carbocycles. The molecule has 38 heavy (non-hydrogen) atoms. The van der Waals surface area contributed by atoms with Crippen LogP contribution < -0.4 is 10.5 Å². The molecule has 4 aromatic rings. The minimum absolute atomic E-state index is 0.00240. The lowest BCUT2D eigenvalue weighted by molar-refractivity contribution is 0.209. The summed E-state index contributed by atoms with van der Waals surface area (Å²) in [5.41, 5.74) is 2.70. The first-order valence-electron chi connectivity index (χ1n) is 12.0. The lowest BCUT2D eigenvalue weighted by Crippen LogP contribution is -2.48. The third-order valence-electron chi connectivity index (χ3n) is 6.82. The van der Waals surface area contributed by atoms with Gasteiger partial charge in [-0.3, -0.25) is 14.3 Å². The number of halogens is 2. The molecule has 0 spiro atoms. The topological polar surface area (TPSA) is 85.4 Å². The van der Waals surface area contributed by atoms with Gasteiger partial charge in [-0.05, 0) is 51.8 Å². The number of nitriles is 1. The van der Waals surface area contributed by atoms with Gasteiger partial charge in [0.1, 0.15) is 33.3 Å². The molecule has 3 heterocycles. The van der Waals surface area contributed by atoms with Gasteiger partial charge in [0.2, 0.25) is 0 Å². The maximum Gasteiger partial charge on any atom is 0.272 e. The normalized spacial score (nSPS) is 14.7. The van der Waals surface area contributed by atoms with Crippen LogP contribution in [0.3, 0.4) is 0 Å². The Hall–Kier alpha value is -4.18. The maximum absolute atomic E-state index is 13.7. The average molecular weight is 572 g/mol. The molecular formula is C29H23BrFN5O2. The van der Waals surface area contributed by atoms with Crippen LogP contribution in [0.5, 0.6) is 5.75 Å². The number of phenolic OH excluding ortho intramolecular Hbond substituents is 1. The molecule has 0 unspecified atom stereocenters. The first-order chi connectivity index (χ1) is 18.4. The van der Waals surface area contributed by atoms with Crippen molar-refractivity contribution in [1.82, 2.24) is 14.5 Å². The number of pyridine rings is 2. The van der Waals surface area contributed by atoms with Gasteiger partial charge < -0.3 is 10.0 Å². The van der Waals surface area contributed by atoms with Gasteiger partial charge in [-0.1, -0.05) is 36.3 Å². The predicted molar refractivity (Wildman–Crippen MR) is 147 cm³/mol. The van der Waals surface area contributed by atoms with E-state index in [9.17, 15) is 19.6 Å². The molecule has 2 aromatic heterocycles. The monoisotopic (exact) mass is 571 g/mol. The van der Waals surface area contributed by atoms with Crippen LogP contribution >= 0.6 is 15.9 Å². The molecule has 9 heteroatoms. The second-order valence-electron chi connectivity index (χ2n) is 8.97. The molecule has 5 rings (SSSR count). The van der Waals surface area contributed by atoms with Crippen LogP contribution in [0.4, 0.5) is 10.1 Å². The highest BCUT2D eigenvalue weighted by atomic mass is 79.9. The lowest BCUT2D eigenvalue weighted by Gasteiger charge is -2.41. The number of hydrogen-bond donors (Lipinski definition) is 1. The number of rotatable bonds is 5. The van der Waals surface area contributed by atoms with Crippen LogP contribution in [0.25, 0.3) is 11.0 Å². The van der Waals surface area contributed by atoms with Gasteiger partial charge in [-0.2, -0.15) is 5.26 Å². The van der Waals surface area contributed by atoms with E-state index in [-0.39, 0.29) is 29.7 Å². The molecule has 1 aliphatic heterocycles. The molecule has 1 atom stereocenters. The molecule has 0 bridgehead atoms. The zero-order chi connectivity index (χ0) is 26.8. The van der Waals surface area contributed by atoms with Crippen molar-refractivity contribution in [3.05, 3.63) is 98.1 Å². The molecule has 1 aliphatic rings. The van der Waals surface area contributed by atoms with Crippen LogP contribution in [0, 0.1) is 29.5 Å². The summed E-state index contributed by atoms with van der Waals surface area (Å²) >= 11 is 3.41. The van der Waals surface area contributed by atoms with Crippen molar-refractivity contribution in [2.24, 2.45) is 0 Å². The van der Waals surface area contributed by atoms with Crippen molar-refractivity contribution in [3.63, 3.8) is 0 Å². The van der Waals surface area contributed by atoms with E-state index in [2.05, 4.69) is 37.8 Å². The lowest BCUT2D eigenvalue weighted by atomic mass is 9.95. The highest BCUT2D eigenvalue weighted by molar-refractivity contribution is 9.10. The Morgan fingerprint density at radius 2 is 1.79 bits per heavy atom. The fourth-order valence-electron chi connectivity index (χ4n) is 5.10. The van der Waals surface area contributed by atoms with Gasteiger partial charge in [0.15, 0.2) is 0 Å². The average Bonchev–Trinajstić information content (AvgIpc) is 2.92.